The fraction of sp³-hybridized carbons (Fsp3) is 0.273. The van der Waals surface area contributed by atoms with Crippen molar-refractivity contribution < 1.29 is 14.5 Å². The Labute approximate surface area is 97.6 Å². The van der Waals surface area contributed by atoms with Crippen LogP contribution in [0.25, 0.3) is 0 Å². The molecule has 1 aromatic carbocycles. The van der Waals surface area contributed by atoms with E-state index in [-0.39, 0.29) is 6.42 Å². The Morgan fingerprint density at radius 3 is 2.53 bits per heavy atom. The molecule has 6 nitrogen and oxygen atoms in total. The van der Waals surface area contributed by atoms with E-state index in [9.17, 15) is 14.9 Å². The highest BCUT2D eigenvalue weighted by molar-refractivity contribution is 5.74. The van der Waals surface area contributed by atoms with Gasteiger partial charge in [-0.2, -0.15) is 5.26 Å². The van der Waals surface area contributed by atoms with Crippen molar-refractivity contribution in [2.24, 2.45) is 0 Å². The predicted octanol–water partition coefficient (Wildman–Crippen LogP) is 0.919. The molecule has 1 unspecified atom stereocenters. The van der Waals surface area contributed by atoms with Gasteiger partial charge in [0.2, 0.25) is 0 Å². The molecule has 0 N–H and O–H groups in total. The normalized spacial score (nSPS) is 11.3. The van der Waals surface area contributed by atoms with Gasteiger partial charge in [0, 0.05) is 4.92 Å². The summed E-state index contributed by atoms with van der Waals surface area (Å²) >= 11 is 0. The molecule has 0 heterocycles. The molecule has 0 aromatic heterocycles. The second-order valence-corrected chi connectivity index (χ2v) is 3.34. The molecule has 17 heavy (non-hydrogen) atoms. The summed E-state index contributed by atoms with van der Waals surface area (Å²) in [6.45, 7) is 0. The minimum absolute atomic E-state index is 0.0502. The first kappa shape index (κ1) is 12.6. The third-order valence-electron chi connectivity index (χ3n) is 2.24. The van der Waals surface area contributed by atoms with Gasteiger partial charge >= 0.3 is 12.0 Å². The van der Waals surface area contributed by atoms with E-state index in [0.29, 0.717) is 11.1 Å². The summed E-state index contributed by atoms with van der Waals surface area (Å²) in [5.41, 5.74) is 1.07. The first-order valence-electron chi connectivity index (χ1n) is 4.79. The van der Waals surface area contributed by atoms with Crippen LogP contribution < -0.4 is 0 Å². The van der Waals surface area contributed by atoms with Gasteiger partial charge in [0.05, 0.1) is 25.2 Å². The van der Waals surface area contributed by atoms with Crippen LogP contribution in [-0.4, -0.2) is 24.0 Å². The van der Waals surface area contributed by atoms with Gasteiger partial charge in [-0.1, -0.05) is 12.1 Å². The summed E-state index contributed by atoms with van der Waals surface area (Å²) < 4.78 is 4.36. The highest BCUT2D eigenvalue weighted by Crippen LogP contribution is 2.09. The van der Waals surface area contributed by atoms with Crippen LogP contribution in [-0.2, 0) is 16.0 Å². The molecule has 0 aliphatic rings. The lowest BCUT2D eigenvalue weighted by Gasteiger charge is -2.07. The van der Waals surface area contributed by atoms with Gasteiger partial charge in [0.25, 0.3) is 0 Å². The number of ether oxygens (including phenoxy) is 1. The Hall–Kier alpha value is -2.42. The van der Waals surface area contributed by atoms with Crippen LogP contribution in [0.4, 0.5) is 0 Å². The summed E-state index contributed by atoms with van der Waals surface area (Å²) in [6.07, 6.45) is -0.0502. The van der Waals surface area contributed by atoms with E-state index in [1.165, 1.54) is 0 Å². The van der Waals surface area contributed by atoms with Crippen LogP contribution in [0.2, 0.25) is 0 Å². The Morgan fingerprint density at radius 2 is 2.12 bits per heavy atom. The zero-order valence-corrected chi connectivity index (χ0v) is 9.12. The second-order valence-electron chi connectivity index (χ2n) is 3.34. The number of nitriles is 1. The number of hydrogen-bond donors (Lipinski definition) is 0. The first-order chi connectivity index (χ1) is 8.08. The largest absolute Gasteiger partial charge is 0.464 e. The van der Waals surface area contributed by atoms with Gasteiger partial charge in [0.1, 0.15) is 0 Å². The van der Waals surface area contributed by atoms with Crippen molar-refractivity contribution in [3.05, 3.63) is 45.5 Å². The summed E-state index contributed by atoms with van der Waals surface area (Å²) in [4.78, 5) is 21.2. The average Bonchev–Trinajstić information content (AvgIpc) is 2.35. The Morgan fingerprint density at radius 1 is 1.53 bits per heavy atom. The molecule has 1 atom stereocenters. The molecule has 88 valence electrons. The molecule has 0 amide bonds. The SMILES string of the molecule is COC(=O)C(Cc1ccc(C#N)cc1)[N+](=O)[O-]. The van der Waals surface area contributed by atoms with Crippen molar-refractivity contribution in [3.63, 3.8) is 0 Å². The van der Waals surface area contributed by atoms with Crippen LogP contribution in [0.5, 0.6) is 0 Å². The number of nitro groups is 1. The quantitative estimate of drug-likeness (QED) is 0.438. The van der Waals surface area contributed by atoms with E-state index < -0.39 is 16.9 Å². The van der Waals surface area contributed by atoms with Crippen molar-refractivity contribution in [3.8, 4) is 6.07 Å². The predicted molar refractivity (Wildman–Crippen MR) is 57.7 cm³/mol. The molecular weight excluding hydrogens is 224 g/mol. The third-order valence-corrected chi connectivity index (χ3v) is 2.24. The summed E-state index contributed by atoms with van der Waals surface area (Å²) in [5, 5.41) is 19.3. The van der Waals surface area contributed by atoms with E-state index in [2.05, 4.69) is 4.74 Å². The zero-order valence-electron chi connectivity index (χ0n) is 9.12. The number of esters is 1. The molecule has 6 heteroatoms. The Kier molecular flexibility index (Phi) is 4.17. The number of benzene rings is 1. The van der Waals surface area contributed by atoms with Crippen molar-refractivity contribution in [1.29, 1.82) is 5.26 Å². The Bertz CT molecular complexity index is 461. The molecule has 1 aromatic rings. The number of carbonyl (C=O) groups is 1. The maximum absolute atomic E-state index is 11.2. The summed E-state index contributed by atoms with van der Waals surface area (Å²) in [6, 6.07) is 6.78. The van der Waals surface area contributed by atoms with Crippen molar-refractivity contribution in [1.82, 2.24) is 0 Å². The molecule has 0 radical (unpaired) electrons. The first-order valence-corrected chi connectivity index (χ1v) is 4.79. The van der Waals surface area contributed by atoms with Crippen LogP contribution >= 0.6 is 0 Å². The second kappa shape index (κ2) is 5.61. The molecule has 0 bridgehead atoms. The van der Waals surface area contributed by atoms with E-state index in [1.807, 2.05) is 6.07 Å². The van der Waals surface area contributed by atoms with Gasteiger partial charge in [-0.3, -0.25) is 10.1 Å². The number of carbonyl (C=O) groups excluding carboxylic acids is 1. The third kappa shape index (κ3) is 3.28. The monoisotopic (exact) mass is 234 g/mol. The zero-order chi connectivity index (χ0) is 12.8. The number of methoxy groups -OCH3 is 1. The maximum atomic E-state index is 11.2. The molecule has 0 fully saturated rings. The highest BCUT2D eigenvalue weighted by Gasteiger charge is 2.30. The molecule has 0 spiro atoms. The van der Waals surface area contributed by atoms with E-state index in [0.717, 1.165) is 7.11 Å². The number of nitrogens with zero attached hydrogens (tertiary/aromatic N) is 2. The minimum atomic E-state index is -1.41. The highest BCUT2D eigenvalue weighted by atomic mass is 16.6. The maximum Gasteiger partial charge on any atom is 0.381 e. The topological polar surface area (TPSA) is 93.2 Å². The fourth-order valence-electron chi connectivity index (χ4n) is 1.32. The van der Waals surface area contributed by atoms with E-state index >= 15 is 0 Å². The van der Waals surface area contributed by atoms with Crippen molar-refractivity contribution >= 4 is 5.97 Å². The lowest BCUT2D eigenvalue weighted by molar-refractivity contribution is -0.509. The summed E-state index contributed by atoms with van der Waals surface area (Å²) in [5.74, 6) is -0.876. The summed E-state index contributed by atoms with van der Waals surface area (Å²) in [7, 11) is 1.11. The van der Waals surface area contributed by atoms with Gasteiger partial charge < -0.3 is 4.74 Å². The van der Waals surface area contributed by atoms with Crippen LogP contribution in [0.3, 0.4) is 0 Å². The van der Waals surface area contributed by atoms with Crippen molar-refractivity contribution in [2.75, 3.05) is 7.11 Å². The number of hydrogen-bond acceptors (Lipinski definition) is 5. The molecule has 0 aliphatic heterocycles. The number of rotatable bonds is 4. The lowest BCUT2D eigenvalue weighted by atomic mass is 10.1. The smallest absolute Gasteiger partial charge is 0.381 e. The average molecular weight is 234 g/mol. The standard InChI is InChI=1S/C11H10N2O4/c1-17-11(14)10(13(15)16)6-8-2-4-9(7-12)5-3-8/h2-5,10H,6H2,1H3. The lowest BCUT2D eigenvalue weighted by Crippen LogP contribution is -2.32. The van der Waals surface area contributed by atoms with Crippen LogP contribution in [0.15, 0.2) is 24.3 Å². The molecule has 0 saturated heterocycles. The van der Waals surface area contributed by atoms with E-state index in [1.54, 1.807) is 24.3 Å². The molecule has 0 aliphatic carbocycles. The molecule has 1 rings (SSSR count). The Balaban J connectivity index is 2.83. The van der Waals surface area contributed by atoms with Gasteiger partial charge in [-0.05, 0) is 17.7 Å². The van der Waals surface area contributed by atoms with Gasteiger partial charge in [-0.25, -0.2) is 4.79 Å². The molecule has 0 saturated carbocycles. The van der Waals surface area contributed by atoms with Crippen LogP contribution in [0, 0.1) is 21.4 Å². The van der Waals surface area contributed by atoms with Crippen LogP contribution in [0.1, 0.15) is 11.1 Å². The van der Waals surface area contributed by atoms with Gasteiger partial charge in [0.15, 0.2) is 0 Å². The fourth-order valence-corrected chi connectivity index (χ4v) is 1.32. The van der Waals surface area contributed by atoms with Crippen molar-refractivity contribution in [2.45, 2.75) is 12.5 Å². The minimum Gasteiger partial charge on any atom is -0.464 e. The molecular formula is C11H10N2O4. The van der Waals surface area contributed by atoms with Gasteiger partial charge in [-0.15, -0.1) is 0 Å². The van der Waals surface area contributed by atoms with E-state index in [4.69, 9.17) is 5.26 Å².